The molecule has 1 unspecified atom stereocenters. The van der Waals surface area contributed by atoms with Crippen LogP contribution in [0.2, 0.25) is 0 Å². The number of rotatable bonds is 3. The number of primary amides is 1. The first kappa shape index (κ1) is 13.9. The van der Waals surface area contributed by atoms with Crippen LogP contribution in [-0.4, -0.2) is 17.5 Å². The van der Waals surface area contributed by atoms with Crippen LogP contribution in [0.15, 0.2) is 0 Å². The number of hydrogen-bond donors (Lipinski definition) is 2. The van der Waals surface area contributed by atoms with E-state index in [4.69, 9.17) is 5.73 Å². The summed E-state index contributed by atoms with van der Waals surface area (Å²) in [6, 6.07) is 0.500. The molecule has 18 heavy (non-hydrogen) atoms. The maximum atomic E-state index is 12.0. The summed E-state index contributed by atoms with van der Waals surface area (Å²) in [6.45, 7) is 4.51. The fourth-order valence-electron chi connectivity index (χ4n) is 3.90. The molecule has 0 aromatic rings. The lowest BCUT2D eigenvalue weighted by Gasteiger charge is -2.45. The van der Waals surface area contributed by atoms with Crippen LogP contribution in [-0.2, 0) is 4.79 Å². The molecule has 0 heterocycles. The Morgan fingerprint density at radius 1 is 1.11 bits per heavy atom. The molecule has 2 aliphatic rings. The monoisotopic (exact) mass is 252 g/mol. The standard InChI is InChI=1S/C15H28N2O/c1-14(2)9-6-10-15(11-14,13(16)18)17-12-7-4-3-5-8-12/h12,17H,3-11H2,1-2H3,(H2,16,18). The molecule has 104 valence electrons. The predicted octanol–water partition coefficient (Wildman–Crippen LogP) is 2.73. The van der Waals surface area contributed by atoms with Crippen molar-refractivity contribution in [3.05, 3.63) is 0 Å². The van der Waals surface area contributed by atoms with Gasteiger partial charge in [0.1, 0.15) is 0 Å². The topological polar surface area (TPSA) is 55.1 Å². The van der Waals surface area contributed by atoms with Crippen LogP contribution in [0.5, 0.6) is 0 Å². The molecule has 2 aliphatic carbocycles. The highest BCUT2D eigenvalue weighted by Gasteiger charge is 2.45. The first-order valence-electron chi connectivity index (χ1n) is 7.51. The Morgan fingerprint density at radius 2 is 1.78 bits per heavy atom. The number of nitrogens with two attached hydrogens (primary N) is 1. The lowest BCUT2D eigenvalue weighted by Crippen LogP contribution is -2.62. The quantitative estimate of drug-likeness (QED) is 0.811. The number of carbonyl (C=O) groups excluding carboxylic acids is 1. The molecule has 3 nitrogen and oxygen atoms in total. The molecule has 0 saturated heterocycles. The van der Waals surface area contributed by atoms with E-state index in [0.29, 0.717) is 6.04 Å². The van der Waals surface area contributed by atoms with Gasteiger partial charge in [-0.3, -0.25) is 4.79 Å². The molecule has 0 radical (unpaired) electrons. The van der Waals surface area contributed by atoms with Gasteiger partial charge in [0.05, 0.1) is 5.54 Å². The van der Waals surface area contributed by atoms with E-state index in [0.717, 1.165) is 19.3 Å². The van der Waals surface area contributed by atoms with E-state index < -0.39 is 5.54 Å². The van der Waals surface area contributed by atoms with Gasteiger partial charge >= 0.3 is 0 Å². The van der Waals surface area contributed by atoms with Gasteiger partial charge in [0.25, 0.3) is 0 Å². The lowest BCUT2D eigenvalue weighted by molar-refractivity contribution is -0.128. The van der Waals surface area contributed by atoms with Crippen LogP contribution < -0.4 is 11.1 Å². The lowest BCUT2D eigenvalue weighted by atomic mass is 9.67. The minimum atomic E-state index is -0.441. The smallest absolute Gasteiger partial charge is 0.237 e. The third-order valence-electron chi connectivity index (χ3n) is 4.79. The predicted molar refractivity (Wildman–Crippen MR) is 74.2 cm³/mol. The summed E-state index contributed by atoms with van der Waals surface area (Å²) in [5, 5.41) is 3.65. The first-order chi connectivity index (χ1) is 8.44. The molecule has 0 aromatic carbocycles. The minimum absolute atomic E-state index is 0.138. The van der Waals surface area contributed by atoms with Gasteiger partial charge in [-0.15, -0.1) is 0 Å². The second kappa shape index (κ2) is 5.20. The summed E-state index contributed by atoms with van der Waals surface area (Å²) < 4.78 is 0. The molecule has 0 bridgehead atoms. The van der Waals surface area contributed by atoms with Gasteiger partial charge in [-0.05, 0) is 37.5 Å². The van der Waals surface area contributed by atoms with E-state index >= 15 is 0 Å². The van der Waals surface area contributed by atoms with Crippen LogP contribution in [0.25, 0.3) is 0 Å². The fourth-order valence-corrected chi connectivity index (χ4v) is 3.90. The van der Waals surface area contributed by atoms with Crippen LogP contribution in [0.3, 0.4) is 0 Å². The van der Waals surface area contributed by atoms with Crippen molar-refractivity contribution in [2.24, 2.45) is 11.1 Å². The second-order valence-corrected chi connectivity index (χ2v) is 7.12. The summed E-state index contributed by atoms with van der Waals surface area (Å²) in [5.74, 6) is -0.138. The molecular formula is C15H28N2O. The maximum absolute atomic E-state index is 12.0. The molecule has 2 rings (SSSR count). The third kappa shape index (κ3) is 3.05. The molecule has 2 saturated carbocycles. The zero-order valence-corrected chi connectivity index (χ0v) is 11.9. The van der Waals surface area contributed by atoms with Crippen LogP contribution in [0, 0.1) is 5.41 Å². The molecule has 2 fully saturated rings. The SMILES string of the molecule is CC1(C)CCCC(NC2CCCCC2)(C(N)=O)C1. The van der Waals surface area contributed by atoms with Crippen LogP contribution >= 0.6 is 0 Å². The minimum Gasteiger partial charge on any atom is -0.368 e. The highest BCUT2D eigenvalue weighted by molar-refractivity contribution is 5.85. The molecular weight excluding hydrogens is 224 g/mol. The van der Waals surface area contributed by atoms with Crippen LogP contribution in [0.4, 0.5) is 0 Å². The van der Waals surface area contributed by atoms with Crippen molar-refractivity contribution in [1.82, 2.24) is 5.32 Å². The van der Waals surface area contributed by atoms with Crippen molar-refractivity contribution in [1.29, 1.82) is 0 Å². The average Bonchev–Trinajstić information content (AvgIpc) is 2.28. The zero-order chi connectivity index (χ0) is 13.2. The van der Waals surface area contributed by atoms with E-state index in [1.807, 2.05) is 0 Å². The Hall–Kier alpha value is -0.570. The molecule has 1 amide bonds. The van der Waals surface area contributed by atoms with Crippen molar-refractivity contribution in [3.8, 4) is 0 Å². The number of carbonyl (C=O) groups is 1. The summed E-state index contributed by atoms with van der Waals surface area (Å²) in [7, 11) is 0. The van der Waals surface area contributed by atoms with Gasteiger partial charge < -0.3 is 11.1 Å². The van der Waals surface area contributed by atoms with Crippen molar-refractivity contribution in [2.45, 2.75) is 83.2 Å². The third-order valence-corrected chi connectivity index (χ3v) is 4.79. The Kier molecular flexibility index (Phi) is 4.00. The summed E-state index contributed by atoms with van der Waals surface area (Å²) in [5.41, 5.74) is 5.53. The van der Waals surface area contributed by atoms with E-state index in [1.165, 1.54) is 38.5 Å². The van der Waals surface area contributed by atoms with Crippen molar-refractivity contribution in [3.63, 3.8) is 0 Å². The van der Waals surface area contributed by atoms with E-state index in [1.54, 1.807) is 0 Å². The molecule has 1 atom stereocenters. The highest BCUT2D eigenvalue weighted by atomic mass is 16.1. The van der Waals surface area contributed by atoms with E-state index in [9.17, 15) is 4.79 Å². The fraction of sp³-hybridized carbons (Fsp3) is 0.933. The number of nitrogens with one attached hydrogen (secondary N) is 1. The number of hydrogen-bond acceptors (Lipinski definition) is 2. The molecule has 0 aliphatic heterocycles. The Labute approximate surface area is 111 Å². The zero-order valence-electron chi connectivity index (χ0n) is 11.9. The molecule has 3 N–H and O–H groups in total. The van der Waals surface area contributed by atoms with Crippen molar-refractivity contribution >= 4 is 5.91 Å². The van der Waals surface area contributed by atoms with Gasteiger partial charge in [-0.1, -0.05) is 39.5 Å². The normalized spacial score (nSPS) is 33.2. The van der Waals surface area contributed by atoms with Gasteiger partial charge in [0.2, 0.25) is 5.91 Å². The maximum Gasteiger partial charge on any atom is 0.237 e. The van der Waals surface area contributed by atoms with Gasteiger partial charge in [0.15, 0.2) is 0 Å². The Morgan fingerprint density at radius 3 is 2.33 bits per heavy atom. The van der Waals surface area contributed by atoms with Crippen LogP contribution in [0.1, 0.15) is 71.6 Å². The van der Waals surface area contributed by atoms with Gasteiger partial charge in [-0.25, -0.2) is 0 Å². The van der Waals surface area contributed by atoms with Gasteiger partial charge in [0, 0.05) is 6.04 Å². The Balaban J connectivity index is 2.08. The van der Waals surface area contributed by atoms with Crippen molar-refractivity contribution < 1.29 is 4.79 Å². The van der Waals surface area contributed by atoms with E-state index in [2.05, 4.69) is 19.2 Å². The average molecular weight is 252 g/mol. The van der Waals surface area contributed by atoms with Gasteiger partial charge in [-0.2, -0.15) is 0 Å². The highest BCUT2D eigenvalue weighted by Crippen LogP contribution is 2.41. The molecule has 0 spiro atoms. The Bertz CT molecular complexity index is 308. The molecule has 0 aromatic heterocycles. The molecule has 3 heteroatoms. The number of amides is 1. The first-order valence-corrected chi connectivity index (χ1v) is 7.51. The summed E-state index contributed by atoms with van der Waals surface area (Å²) in [6.07, 6.45) is 10.4. The summed E-state index contributed by atoms with van der Waals surface area (Å²) >= 11 is 0. The second-order valence-electron chi connectivity index (χ2n) is 7.12. The van der Waals surface area contributed by atoms with Crippen molar-refractivity contribution in [2.75, 3.05) is 0 Å². The largest absolute Gasteiger partial charge is 0.368 e. The van der Waals surface area contributed by atoms with E-state index in [-0.39, 0.29) is 11.3 Å². The summed E-state index contributed by atoms with van der Waals surface area (Å²) in [4.78, 5) is 12.0.